The van der Waals surface area contributed by atoms with E-state index in [0.717, 1.165) is 24.3 Å². The van der Waals surface area contributed by atoms with Crippen molar-refractivity contribution in [3.63, 3.8) is 0 Å². The Morgan fingerprint density at radius 1 is 1.25 bits per heavy atom. The zero-order valence-corrected chi connectivity index (χ0v) is 12.6. The molecule has 1 aliphatic heterocycles. The summed E-state index contributed by atoms with van der Waals surface area (Å²) in [7, 11) is 0. The maximum Gasteiger partial charge on any atom is 0.122 e. The van der Waals surface area contributed by atoms with Crippen LogP contribution in [-0.4, -0.2) is 19.2 Å². The van der Waals surface area contributed by atoms with Crippen molar-refractivity contribution < 1.29 is 4.74 Å². The van der Waals surface area contributed by atoms with Gasteiger partial charge in [-0.05, 0) is 44.2 Å². The Bertz CT molecular complexity index is 431. The van der Waals surface area contributed by atoms with E-state index in [1.54, 1.807) is 0 Å². The standard InChI is InChI=1S/C18H27NO/c1-2-10-19-16-7-5-6-14(12-16)11-15-13-20-18-9-4-3-8-17(15)18/h3-4,8-9,14-16,19H,2,5-7,10-13H2,1H3. The van der Waals surface area contributed by atoms with E-state index in [1.807, 2.05) is 0 Å². The Kier molecular flexibility index (Phi) is 4.62. The number of fused-ring (bicyclic) bond motifs is 1. The number of hydrogen-bond donors (Lipinski definition) is 1. The molecule has 0 spiro atoms. The predicted molar refractivity (Wildman–Crippen MR) is 83.3 cm³/mol. The SMILES string of the molecule is CCCNC1CCCC(CC2COc3ccccc32)C1. The zero-order valence-electron chi connectivity index (χ0n) is 12.6. The summed E-state index contributed by atoms with van der Waals surface area (Å²) in [6.45, 7) is 4.32. The van der Waals surface area contributed by atoms with Gasteiger partial charge in [-0.1, -0.05) is 38.0 Å². The molecule has 1 saturated carbocycles. The number of hydrogen-bond acceptors (Lipinski definition) is 2. The molecule has 0 amide bonds. The average molecular weight is 273 g/mol. The van der Waals surface area contributed by atoms with Gasteiger partial charge in [-0.15, -0.1) is 0 Å². The molecule has 110 valence electrons. The molecule has 1 aliphatic carbocycles. The Labute approximate surface area is 122 Å². The number of nitrogens with one attached hydrogen (secondary N) is 1. The molecule has 0 aromatic heterocycles. The van der Waals surface area contributed by atoms with Gasteiger partial charge in [0.2, 0.25) is 0 Å². The lowest BCUT2D eigenvalue weighted by Gasteiger charge is -2.31. The maximum absolute atomic E-state index is 5.83. The van der Waals surface area contributed by atoms with Gasteiger partial charge in [0.25, 0.3) is 0 Å². The minimum absolute atomic E-state index is 0.626. The van der Waals surface area contributed by atoms with Crippen LogP contribution >= 0.6 is 0 Å². The van der Waals surface area contributed by atoms with E-state index >= 15 is 0 Å². The highest BCUT2D eigenvalue weighted by Crippen LogP contribution is 2.40. The Morgan fingerprint density at radius 2 is 2.15 bits per heavy atom. The van der Waals surface area contributed by atoms with E-state index in [0.29, 0.717) is 5.92 Å². The molecule has 0 radical (unpaired) electrons. The van der Waals surface area contributed by atoms with Crippen molar-refractivity contribution in [3.05, 3.63) is 29.8 Å². The van der Waals surface area contributed by atoms with E-state index in [-0.39, 0.29) is 0 Å². The van der Waals surface area contributed by atoms with Crippen molar-refractivity contribution in [2.24, 2.45) is 5.92 Å². The average Bonchev–Trinajstić information content (AvgIpc) is 2.89. The van der Waals surface area contributed by atoms with E-state index in [2.05, 4.69) is 36.5 Å². The minimum Gasteiger partial charge on any atom is -0.493 e. The molecule has 3 rings (SSSR count). The van der Waals surface area contributed by atoms with Gasteiger partial charge in [0.05, 0.1) is 6.61 Å². The van der Waals surface area contributed by atoms with Gasteiger partial charge in [0.15, 0.2) is 0 Å². The first-order valence-corrected chi connectivity index (χ1v) is 8.32. The first-order valence-electron chi connectivity index (χ1n) is 8.32. The monoisotopic (exact) mass is 273 g/mol. The first kappa shape index (κ1) is 13.9. The Morgan fingerprint density at radius 3 is 3.05 bits per heavy atom. The van der Waals surface area contributed by atoms with Crippen molar-refractivity contribution in [2.45, 2.75) is 57.4 Å². The second kappa shape index (κ2) is 6.62. The van der Waals surface area contributed by atoms with Crippen LogP contribution in [-0.2, 0) is 0 Å². The summed E-state index contributed by atoms with van der Waals surface area (Å²) in [6, 6.07) is 9.34. The first-order chi connectivity index (χ1) is 9.86. The van der Waals surface area contributed by atoms with Gasteiger partial charge in [-0.3, -0.25) is 0 Å². The molecular formula is C18H27NO. The van der Waals surface area contributed by atoms with Crippen LogP contribution in [0.25, 0.3) is 0 Å². The lowest BCUT2D eigenvalue weighted by atomic mass is 9.79. The molecule has 2 nitrogen and oxygen atoms in total. The predicted octanol–water partition coefficient (Wildman–Crippen LogP) is 4.11. The van der Waals surface area contributed by atoms with Gasteiger partial charge >= 0.3 is 0 Å². The van der Waals surface area contributed by atoms with Crippen LogP contribution < -0.4 is 10.1 Å². The molecule has 0 saturated heterocycles. The molecule has 1 N–H and O–H groups in total. The lowest BCUT2D eigenvalue weighted by Crippen LogP contribution is -2.35. The highest BCUT2D eigenvalue weighted by molar-refractivity contribution is 5.39. The van der Waals surface area contributed by atoms with Gasteiger partial charge in [-0.25, -0.2) is 0 Å². The van der Waals surface area contributed by atoms with E-state index in [9.17, 15) is 0 Å². The van der Waals surface area contributed by atoms with Gasteiger partial charge in [0, 0.05) is 17.5 Å². The molecule has 0 bridgehead atoms. The lowest BCUT2D eigenvalue weighted by molar-refractivity contribution is 0.243. The minimum atomic E-state index is 0.626. The second-order valence-electron chi connectivity index (χ2n) is 6.47. The van der Waals surface area contributed by atoms with Crippen molar-refractivity contribution >= 4 is 0 Å². The summed E-state index contributed by atoms with van der Waals surface area (Å²) >= 11 is 0. The number of rotatable bonds is 5. The van der Waals surface area contributed by atoms with Crippen molar-refractivity contribution in [2.75, 3.05) is 13.2 Å². The van der Waals surface area contributed by atoms with E-state index < -0.39 is 0 Å². The fourth-order valence-electron chi connectivity index (χ4n) is 3.87. The van der Waals surface area contributed by atoms with Crippen LogP contribution in [0.3, 0.4) is 0 Å². The molecule has 1 aromatic carbocycles. The van der Waals surface area contributed by atoms with Crippen molar-refractivity contribution in [1.82, 2.24) is 5.32 Å². The van der Waals surface area contributed by atoms with Crippen LogP contribution in [0, 0.1) is 5.92 Å². The summed E-state index contributed by atoms with van der Waals surface area (Å²) in [5.41, 5.74) is 1.44. The van der Waals surface area contributed by atoms with Crippen molar-refractivity contribution in [3.8, 4) is 5.75 Å². The largest absolute Gasteiger partial charge is 0.493 e. The van der Waals surface area contributed by atoms with Gasteiger partial charge < -0.3 is 10.1 Å². The number of ether oxygens (including phenoxy) is 1. The summed E-state index contributed by atoms with van der Waals surface area (Å²) in [4.78, 5) is 0. The Balaban J connectivity index is 1.56. The molecule has 1 heterocycles. The summed E-state index contributed by atoms with van der Waals surface area (Å²) in [5.74, 6) is 2.62. The molecule has 1 aromatic rings. The third-order valence-electron chi connectivity index (χ3n) is 4.88. The molecule has 1 fully saturated rings. The maximum atomic E-state index is 5.83. The third-order valence-corrected chi connectivity index (χ3v) is 4.88. The molecule has 2 aliphatic rings. The summed E-state index contributed by atoms with van der Waals surface area (Å²) in [6.07, 6.45) is 8.07. The van der Waals surface area contributed by atoms with Gasteiger partial charge in [0.1, 0.15) is 5.75 Å². The number of benzene rings is 1. The fraction of sp³-hybridized carbons (Fsp3) is 0.667. The highest BCUT2D eigenvalue weighted by atomic mass is 16.5. The van der Waals surface area contributed by atoms with Crippen LogP contribution in [0.5, 0.6) is 5.75 Å². The molecule has 2 heteroatoms. The normalized spacial score (nSPS) is 28.9. The van der Waals surface area contributed by atoms with Crippen molar-refractivity contribution in [1.29, 1.82) is 0 Å². The van der Waals surface area contributed by atoms with E-state index in [4.69, 9.17) is 4.74 Å². The third kappa shape index (κ3) is 3.17. The van der Waals surface area contributed by atoms with E-state index in [1.165, 1.54) is 50.6 Å². The smallest absolute Gasteiger partial charge is 0.122 e. The molecular weight excluding hydrogens is 246 g/mol. The van der Waals surface area contributed by atoms with Crippen LogP contribution in [0.15, 0.2) is 24.3 Å². The molecule has 20 heavy (non-hydrogen) atoms. The Hall–Kier alpha value is -1.02. The highest BCUT2D eigenvalue weighted by Gasteiger charge is 2.29. The summed E-state index contributed by atoms with van der Waals surface area (Å²) in [5, 5.41) is 3.71. The molecule has 3 atom stereocenters. The fourth-order valence-corrected chi connectivity index (χ4v) is 3.87. The molecule has 3 unspecified atom stereocenters. The number of para-hydroxylation sites is 1. The second-order valence-corrected chi connectivity index (χ2v) is 6.47. The van der Waals surface area contributed by atoms with Gasteiger partial charge in [-0.2, -0.15) is 0 Å². The van der Waals surface area contributed by atoms with Crippen LogP contribution in [0.1, 0.15) is 56.9 Å². The topological polar surface area (TPSA) is 21.3 Å². The van der Waals surface area contributed by atoms with Crippen LogP contribution in [0.2, 0.25) is 0 Å². The quantitative estimate of drug-likeness (QED) is 0.871. The zero-order chi connectivity index (χ0) is 13.8. The van der Waals surface area contributed by atoms with Crippen LogP contribution in [0.4, 0.5) is 0 Å². The summed E-state index contributed by atoms with van der Waals surface area (Å²) < 4.78 is 5.83.